The smallest absolute Gasteiger partial charge is 0.256 e. The predicted octanol–water partition coefficient (Wildman–Crippen LogP) is 3.64. The fourth-order valence-electron chi connectivity index (χ4n) is 1.98. The van der Waals surface area contributed by atoms with E-state index in [9.17, 15) is 4.79 Å². The van der Waals surface area contributed by atoms with Crippen LogP contribution < -0.4 is 5.32 Å². The van der Waals surface area contributed by atoms with E-state index in [1.54, 1.807) is 13.8 Å². The highest BCUT2D eigenvalue weighted by Gasteiger charge is 2.27. The Hall–Kier alpha value is -2.13. The second-order valence-electron chi connectivity index (χ2n) is 5.49. The van der Waals surface area contributed by atoms with E-state index in [0.29, 0.717) is 0 Å². The number of carbonyl (C=O) groups excluding carboxylic acids is 1. The van der Waals surface area contributed by atoms with Crippen LogP contribution in [0, 0.1) is 0 Å². The number of methoxy groups -OCH3 is 1. The number of hydrogen-bond acceptors (Lipinski definition) is 2. The van der Waals surface area contributed by atoms with Crippen molar-refractivity contribution in [3.8, 4) is 0 Å². The van der Waals surface area contributed by atoms with E-state index in [1.165, 1.54) is 12.7 Å². The zero-order valence-electron chi connectivity index (χ0n) is 12.7. The maximum absolute atomic E-state index is 12.2. The molecular weight excluding hydrogens is 262 g/mol. The van der Waals surface area contributed by atoms with E-state index in [4.69, 9.17) is 4.74 Å². The van der Waals surface area contributed by atoms with Gasteiger partial charge in [0.25, 0.3) is 5.91 Å². The molecule has 0 radical (unpaired) electrons. The molecule has 0 atom stereocenters. The number of carbonyl (C=O) groups is 1. The summed E-state index contributed by atoms with van der Waals surface area (Å²) < 4.78 is 5.22. The molecule has 110 valence electrons. The first-order valence-corrected chi connectivity index (χ1v) is 7.01. The molecule has 0 aromatic heterocycles. The van der Waals surface area contributed by atoms with Gasteiger partial charge >= 0.3 is 0 Å². The molecule has 0 fully saturated rings. The van der Waals surface area contributed by atoms with Gasteiger partial charge in [0.05, 0.1) is 0 Å². The van der Waals surface area contributed by atoms with Gasteiger partial charge in [0.15, 0.2) is 0 Å². The summed E-state index contributed by atoms with van der Waals surface area (Å²) in [7, 11) is 1.54. The van der Waals surface area contributed by atoms with Crippen molar-refractivity contribution in [3.63, 3.8) is 0 Å². The molecular formula is C18H21NO2. The molecule has 1 amide bonds. The quantitative estimate of drug-likeness (QED) is 0.909. The molecule has 0 aliphatic rings. The third kappa shape index (κ3) is 3.92. The average molecular weight is 283 g/mol. The molecule has 0 spiro atoms. The van der Waals surface area contributed by atoms with Crippen molar-refractivity contribution >= 4 is 11.6 Å². The molecule has 2 aromatic carbocycles. The van der Waals surface area contributed by atoms with Crippen LogP contribution in [-0.4, -0.2) is 18.6 Å². The molecule has 2 rings (SSSR count). The topological polar surface area (TPSA) is 38.3 Å². The summed E-state index contributed by atoms with van der Waals surface area (Å²) in [4.78, 5) is 12.2. The number of amides is 1. The Bertz CT molecular complexity index is 606. The second-order valence-corrected chi connectivity index (χ2v) is 5.49. The maximum atomic E-state index is 12.2. The molecule has 2 aromatic rings. The summed E-state index contributed by atoms with van der Waals surface area (Å²) in [6, 6.07) is 18.0. The molecule has 3 nitrogen and oxygen atoms in total. The average Bonchev–Trinajstić information content (AvgIpc) is 2.50. The molecule has 0 aliphatic carbocycles. The van der Waals surface area contributed by atoms with E-state index >= 15 is 0 Å². The number of rotatable bonds is 5. The van der Waals surface area contributed by atoms with Gasteiger partial charge in [0.2, 0.25) is 0 Å². The fraction of sp³-hybridized carbons (Fsp3) is 0.278. The standard InChI is InChI=1S/C18H21NO2/c1-18(2,21-3)17(20)19-16-12-8-7-11-15(16)13-14-9-5-4-6-10-14/h4-12H,13H2,1-3H3,(H,19,20). The molecule has 3 heteroatoms. The van der Waals surface area contributed by atoms with Crippen molar-refractivity contribution in [3.05, 3.63) is 65.7 Å². The third-order valence-electron chi connectivity index (χ3n) is 3.56. The zero-order valence-corrected chi connectivity index (χ0v) is 12.7. The van der Waals surface area contributed by atoms with Crippen LogP contribution in [0.2, 0.25) is 0 Å². The summed E-state index contributed by atoms with van der Waals surface area (Å²) in [6.07, 6.45) is 0.782. The van der Waals surface area contributed by atoms with Gasteiger partial charge in [-0.2, -0.15) is 0 Å². The zero-order chi connectivity index (χ0) is 15.3. The summed E-state index contributed by atoms with van der Waals surface area (Å²) in [5.74, 6) is -0.148. The lowest BCUT2D eigenvalue weighted by molar-refractivity contribution is -0.133. The van der Waals surface area contributed by atoms with Crippen LogP contribution in [0.1, 0.15) is 25.0 Å². The number of ether oxygens (including phenoxy) is 1. The van der Waals surface area contributed by atoms with E-state index in [-0.39, 0.29) is 5.91 Å². The minimum absolute atomic E-state index is 0.148. The van der Waals surface area contributed by atoms with Crippen LogP contribution in [0.5, 0.6) is 0 Å². The normalized spacial score (nSPS) is 11.2. The summed E-state index contributed by atoms with van der Waals surface area (Å²) in [6.45, 7) is 3.50. The highest BCUT2D eigenvalue weighted by atomic mass is 16.5. The largest absolute Gasteiger partial charge is 0.369 e. The minimum atomic E-state index is -0.847. The Morgan fingerprint density at radius 3 is 2.33 bits per heavy atom. The summed E-state index contributed by atoms with van der Waals surface area (Å²) >= 11 is 0. The summed E-state index contributed by atoms with van der Waals surface area (Å²) in [5, 5.41) is 2.96. The molecule has 0 bridgehead atoms. The van der Waals surface area contributed by atoms with Gasteiger partial charge in [-0.3, -0.25) is 4.79 Å². The molecule has 21 heavy (non-hydrogen) atoms. The van der Waals surface area contributed by atoms with Gasteiger partial charge in [-0.15, -0.1) is 0 Å². The number of para-hydroxylation sites is 1. The predicted molar refractivity (Wildman–Crippen MR) is 85.4 cm³/mol. The lowest BCUT2D eigenvalue weighted by Gasteiger charge is -2.22. The van der Waals surface area contributed by atoms with Crippen molar-refractivity contribution in [1.29, 1.82) is 0 Å². The number of benzene rings is 2. The van der Waals surface area contributed by atoms with Crippen LogP contribution >= 0.6 is 0 Å². The van der Waals surface area contributed by atoms with Crippen molar-refractivity contribution in [2.75, 3.05) is 12.4 Å². The van der Waals surface area contributed by atoms with Gasteiger partial charge in [0, 0.05) is 12.8 Å². The van der Waals surface area contributed by atoms with Crippen molar-refractivity contribution < 1.29 is 9.53 Å². The van der Waals surface area contributed by atoms with Gasteiger partial charge < -0.3 is 10.1 Å². The Morgan fingerprint density at radius 1 is 1.05 bits per heavy atom. The third-order valence-corrected chi connectivity index (χ3v) is 3.56. The Morgan fingerprint density at radius 2 is 1.67 bits per heavy atom. The highest BCUT2D eigenvalue weighted by Crippen LogP contribution is 2.21. The van der Waals surface area contributed by atoms with Crippen LogP contribution in [0.15, 0.2) is 54.6 Å². The second kappa shape index (κ2) is 6.55. The van der Waals surface area contributed by atoms with Crippen LogP contribution in [-0.2, 0) is 16.0 Å². The fourth-order valence-corrected chi connectivity index (χ4v) is 1.98. The number of anilines is 1. The minimum Gasteiger partial charge on any atom is -0.369 e. The van der Waals surface area contributed by atoms with Crippen molar-refractivity contribution in [2.24, 2.45) is 0 Å². The van der Waals surface area contributed by atoms with Crippen LogP contribution in [0.3, 0.4) is 0 Å². The first-order valence-electron chi connectivity index (χ1n) is 7.01. The molecule has 0 aliphatic heterocycles. The van der Waals surface area contributed by atoms with Crippen LogP contribution in [0.25, 0.3) is 0 Å². The van der Waals surface area contributed by atoms with E-state index in [1.807, 2.05) is 42.5 Å². The van der Waals surface area contributed by atoms with Crippen molar-refractivity contribution in [1.82, 2.24) is 0 Å². The van der Waals surface area contributed by atoms with Crippen molar-refractivity contribution in [2.45, 2.75) is 25.9 Å². The molecule has 1 N–H and O–H groups in total. The van der Waals surface area contributed by atoms with E-state index in [0.717, 1.165) is 17.7 Å². The Balaban J connectivity index is 2.20. The van der Waals surface area contributed by atoms with Crippen LogP contribution in [0.4, 0.5) is 5.69 Å². The highest BCUT2D eigenvalue weighted by molar-refractivity contribution is 5.97. The SMILES string of the molecule is COC(C)(C)C(=O)Nc1ccccc1Cc1ccccc1. The Kier molecular flexibility index (Phi) is 4.76. The summed E-state index contributed by atoms with van der Waals surface area (Å²) in [5.41, 5.74) is 2.28. The first kappa shape index (κ1) is 15.3. The van der Waals surface area contributed by atoms with Gasteiger partial charge in [-0.25, -0.2) is 0 Å². The first-order chi connectivity index (χ1) is 10.0. The lowest BCUT2D eigenvalue weighted by atomic mass is 10.0. The van der Waals surface area contributed by atoms with Gasteiger partial charge in [-0.05, 0) is 37.5 Å². The van der Waals surface area contributed by atoms with E-state index < -0.39 is 5.60 Å². The van der Waals surface area contributed by atoms with Gasteiger partial charge in [-0.1, -0.05) is 48.5 Å². The van der Waals surface area contributed by atoms with E-state index in [2.05, 4.69) is 17.4 Å². The molecule has 0 saturated heterocycles. The maximum Gasteiger partial charge on any atom is 0.256 e. The monoisotopic (exact) mass is 283 g/mol. The van der Waals surface area contributed by atoms with Gasteiger partial charge in [0.1, 0.15) is 5.60 Å². The molecule has 0 saturated carbocycles. The number of nitrogens with one attached hydrogen (secondary N) is 1. The Labute approximate surface area is 126 Å². The molecule has 0 unspecified atom stereocenters. The number of hydrogen-bond donors (Lipinski definition) is 1. The lowest BCUT2D eigenvalue weighted by Crippen LogP contribution is -2.39. The molecule has 0 heterocycles.